The minimum atomic E-state index is -5.08. The van der Waals surface area contributed by atoms with Gasteiger partial charge in [-0.3, -0.25) is 13.9 Å². The Hall–Kier alpha value is -1.11. The van der Waals surface area contributed by atoms with Crippen molar-refractivity contribution in [2.45, 2.75) is 62.0 Å². The molecule has 1 heterocycles. The maximum absolute atomic E-state index is 11.3. The highest BCUT2D eigenvalue weighted by Gasteiger charge is 2.47. The van der Waals surface area contributed by atoms with Gasteiger partial charge in [0.25, 0.3) is 0 Å². The van der Waals surface area contributed by atoms with Crippen molar-refractivity contribution in [3.05, 3.63) is 0 Å². The monoisotopic (exact) mass is 545 g/mol. The Balaban J connectivity index is 3.17. The Morgan fingerprint density at radius 2 is 1.56 bits per heavy atom. The van der Waals surface area contributed by atoms with Crippen LogP contribution < -0.4 is 5.32 Å². The molecule has 0 aromatic rings. The molecule has 1 amide bonds. The van der Waals surface area contributed by atoms with E-state index in [0.29, 0.717) is 0 Å². The fraction of sp³-hybridized carbons (Fsp3) is 0.929. The summed E-state index contributed by atoms with van der Waals surface area (Å²) >= 11 is 0. The van der Waals surface area contributed by atoms with Crippen LogP contribution in [-0.4, -0.2) is 137 Å². The van der Waals surface area contributed by atoms with E-state index in [1.165, 1.54) is 0 Å². The third-order valence-electron chi connectivity index (χ3n) is 4.44. The first-order valence-corrected chi connectivity index (χ1v) is 12.0. The molecule has 9 atom stereocenters. The summed E-state index contributed by atoms with van der Waals surface area (Å²) < 4.78 is 78.8. The first-order chi connectivity index (χ1) is 15.5. The van der Waals surface area contributed by atoms with Crippen LogP contribution in [0.2, 0.25) is 0 Å². The fourth-order valence-corrected chi connectivity index (χ4v) is 3.47. The summed E-state index contributed by atoms with van der Waals surface area (Å²) in [5.41, 5.74) is 0. The molecule has 18 nitrogen and oxygen atoms in total. The van der Waals surface area contributed by atoms with Crippen LogP contribution >= 0.6 is 0 Å². The average Bonchev–Trinajstić information content (AvgIpc) is 2.71. The Morgan fingerprint density at radius 3 is 2.03 bits per heavy atom. The van der Waals surface area contributed by atoms with Crippen LogP contribution in [0.15, 0.2) is 0 Å². The minimum absolute atomic E-state index is 0.754. The van der Waals surface area contributed by atoms with Crippen molar-refractivity contribution < 1.29 is 79.2 Å². The number of rotatable bonds is 13. The predicted molar refractivity (Wildman–Crippen MR) is 103 cm³/mol. The van der Waals surface area contributed by atoms with Crippen LogP contribution in [0.25, 0.3) is 0 Å². The molecule has 1 aliphatic rings. The van der Waals surface area contributed by atoms with Crippen molar-refractivity contribution in [3.8, 4) is 0 Å². The zero-order valence-electron chi connectivity index (χ0n) is 17.4. The molecule has 1 fully saturated rings. The van der Waals surface area contributed by atoms with Crippen LogP contribution in [0.4, 0.5) is 0 Å². The SMILES string of the molecule is CC(=O)N[C@@H](CO)[C@@H](O)[C@H](O[C@@H]1O[C@H](COS(=O)(=O)O)[C@H](O)[C@H](O)[C@H]1O)[C@H](O)COS(=O)(=O)O. The van der Waals surface area contributed by atoms with Gasteiger partial charge >= 0.3 is 20.8 Å². The summed E-state index contributed by atoms with van der Waals surface area (Å²) in [6.07, 6.45) is -16.3. The van der Waals surface area contributed by atoms with Gasteiger partial charge in [-0.25, -0.2) is 8.37 Å². The first-order valence-electron chi connectivity index (χ1n) is 9.29. The van der Waals surface area contributed by atoms with Gasteiger partial charge in [0.15, 0.2) is 6.29 Å². The van der Waals surface area contributed by atoms with Gasteiger partial charge in [-0.1, -0.05) is 0 Å². The van der Waals surface area contributed by atoms with E-state index in [1.807, 2.05) is 0 Å². The second kappa shape index (κ2) is 12.7. The van der Waals surface area contributed by atoms with E-state index in [-0.39, 0.29) is 0 Å². The maximum Gasteiger partial charge on any atom is 0.397 e. The third-order valence-corrected chi connectivity index (χ3v) is 5.31. The smallest absolute Gasteiger partial charge is 0.394 e. The molecule has 0 unspecified atom stereocenters. The second-order valence-electron chi connectivity index (χ2n) is 7.09. The van der Waals surface area contributed by atoms with Gasteiger partial charge in [0.05, 0.1) is 25.9 Å². The number of nitrogens with one attached hydrogen (secondary N) is 1. The van der Waals surface area contributed by atoms with Crippen LogP contribution in [0.5, 0.6) is 0 Å². The number of ether oxygens (including phenoxy) is 2. The fourth-order valence-electron chi connectivity index (χ4n) is 2.85. The molecule has 1 saturated heterocycles. The number of hydrogen-bond donors (Lipinski definition) is 9. The molecule has 0 aromatic heterocycles. The highest BCUT2D eigenvalue weighted by Crippen LogP contribution is 2.26. The first kappa shape index (κ1) is 30.9. The second-order valence-corrected chi connectivity index (χ2v) is 9.27. The van der Waals surface area contributed by atoms with E-state index < -0.39 is 102 Å². The van der Waals surface area contributed by atoms with Gasteiger partial charge in [0.1, 0.15) is 42.7 Å². The van der Waals surface area contributed by atoms with Crippen molar-refractivity contribution in [1.82, 2.24) is 5.32 Å². The van der Waals surface area contributed by atoms with Gasteiger partial charge in [-0.05, 0) is 0 Å². The largest absolute Gasteiger partial charge is 0.397 e. The predicted octanol–water partition coefficient (Wildman–Crippen LogP) is -5.96. The number of aliphatic hydroxyl groups excluding tert-OH is 6. The van der Waals surface area contributed by atoms with E-state index in [4.69, 9.17) is 18.6 Å². The molecule has 1 rings (SSSR count). The van der Waals surface area contributed by atoms with Crippen LogP contribution in [0.1, 0.15) is 6.92 Å². The van der Waals surface area contributed by atoms with Crippen LogP contribution in [0.3, 0.4) is 0 Å². The molecule has 34 heavy (non-hydrogen) atoms. The van der Waals surface area contributed by atoms with Crippen molar-refractivity contribution in [3.63, 3.8) is 0 Å². The quantitative estimate of drug-likeness (QED) is 0.0973. The van der Waals surface area contributed by atoms with Crippen molar-refractivity contribution in [1.29, 1.82) is 0 Å². The summed E-state index contributed by atoms with van der Waals surface area (Å²) in [6.45, 7) is -2.26. The van der Waals surface area contributed by atoms with Crippen LogP contribution in [-0.2, 0) is 43.4 Å². The number of carbonyl (C=O) groups is 1. The summed E-state index contributed by atoms with van der Waals surface area (Å²) in [7, 11) is -10.1. The van der Waals surface area contributed by atoms with Crippen molar-refractivity contribution >= 4 is 26.7 Å². The summed E-state index contributed by atoms with van der Waals surface area (Å²) in [6, 6.07) is -1.54. The number of hydrogen-bond acceptors (Lipinski definition) is 15. The van der Waals surface area contributed by atoms with E-state index in [2.05, 4.69) is 13.7 Å². The molecule has 202 valence electrons. The zero-order chi connectivity index (χ0) is 26.4. The lowest BCUT2D eigenvalue weighted by atomic mass is 9.98. The molecule has 1 aliphatic heterocycles. The van der Waals surface area contributed by atoms with Crippen molar-refractivity contribution in [2.24, 2.45) is 0 Å². The van der Waals surface area contributed by atoms with E-state index in [9.17, 15) is 52.3 Å². The number of amides is 1. The normalized spacial score (nSPS) is 29.7. The van der Waals surface area contributed by atoms with Gasteiger partial charge in [-0.15, -0.1) is 0 Å². The van der Waals surface area contributed by atoms with E-state index in [0.717, 1.165) is 6.92 Å². The Bertz CT molecular complexity index is 865. The van der Waals surface area contributed by atoms with Gasteiger partial charge < -0.3 is 45.4 Å². The molecule has 0 aromatic carbocycles. The lowest BCUT2D eigenvalue weighted by Gasteiger charge is -2.42. The molecule has 0 radical (unpaired) electrons. The summed E-state index contributed by atoms with van der Waals surface area (Å²) in [4.78, 5) is 11.3. The van der Waals surface area contributed by atoms with Crippen molar-refractivity contribution in [2.75, 3.05) is 19.8 Å². The molecule has 0 saturated carbocycles. The number of aliphatic hydroxyl groups is 6. The summed E-state index contributed by atoms with van der Waals surface area (Å²) in [5, 5.41) is 62.4. The van der Waals surface area contributed by atoms with Gasteiger partial charge in [0.2, 0.25) is 5.91 Å². The zero-order valence-corrected chi connectivity index (χ0v) is 19.0. The van der Waals surface area contributed by atoms with E-state index in [1.54, 1.807) is 0 Å². The molecule has 0 aliphatic carbocycles. The van der Waals surface area contributed by atoms with E-state index >= 15 is 0 Å². The van der Waals surface area contributed by atoms with Gasteiger partial charge in [-0.2, -0.15) is 16.8 Å². The average molecular weight is 545 g/mol. The molecule has 9 N–H and O–H groups in total. The standard InChI is InChI=1S/C14H27NO17S2/c1-5(17)15-6(2-16)9(19)13(7(18)3-29-33(23,24)25)32-14-12(22)11(21)10(20)8(31-14)4-30-34(26,27)28/h6-14,16,18-22H,2-4H2,1H3,(H,15,17)(H,23,24,25)(H,26,27,28)/t6-,7+,8+,9+,10-,11-,12+,13+,14-/m0/s1. The highest BCUT2D eigenvalue weighted by molar-refractivity contribution is 7.81. The minimum Gasteiger partial charge on any atom is -0.394 e. The van der Waals surface area contributed by atoms with Crippen LogP contribution in [0, 0.1) is 0 Å². The molecule has 20 heteroatoms. The summed E-state index contributed by atoms with van der Waals surface area (Å²) in [5.74, 6) is -0.754. The molecule has 0 spiro atoms. The Morgan fingerprint density at radius 1 is 1.00 bits per heavy atom. The Labute approximate surface area is 193 Å². The highest BCUT2D eigenvalue weighted by atomic mass is 32.3. The molecular formula is C14H27NO17S2. The Kier molecular flexibility index (Phi) is 11.6. The lowest BCUT2D eigenvalue weighted by Crippen LogP contribution is -2.62. The topological polar surface area (TPSA) is 296 Å². The third kappa shape index (κ3) is 9.87. The number of carbonyl (C=O) groups excluding carboxylic acids is 1. The lowest BCUT2D eigenvalue weighted by molar-refractivity contribution is -0.324. The molecule has 0 bridgehead atoms. The molecular weight excluding hydrogens is 518 g/mol. The van der Waals surface area contributed by atoms with Gasteiger partial charge in [0, 0.05) is 6.92 Å². The maximum atomic E-state index is 11.3.